The Balaban J connectivity index is 1.79. The molecule has 6 heteroatoms. The Hall–Kier alpha value is -0.845. The van der Waals surface area contributed by atoms with Crippen molar-refractivity contribution in [2.45, 2.75) is 51.2 Å². The summed E-state index contributed by atoms with van der Waals surface area (Å²) in [5.41, 5.74) is 1.05. The molecule has 0 unspecified atom stereocenters. The van der Waals surface area contributed by atoms with E-state index in [9.17, 15) is 8.42 Å². The van der Waals surface area contributed by atoms with Crippen molar-refractivity contribution in [3.8, 4) is 0 Å². The second kappa shape index (κ2) is 4.59. The Bertz CT molecular complexity index is 663. The molecule has 4 nitrogen and oxygen atoms in total. The van der Waals surface area contributed by atoms with Crippen LogP contribution in [0.2, 0.25) is 0 Å². The van der Waals surface area contributed by atoms with E-state index in [4.69, 9.17) is 9.31 Å². The SMILES string of the molecule is CC1(c2ccc(B3OC(C)(C)C(C)(C)O3)cc2)CS(=O)(=O)C1. The molecule has 0 N–H and O–H groups in total. The van der Waals surface area contributed by atoms with Crippen molar-refractivity contribution in [3.05, 3.63) is 29.8 Å². The summed E-state index contributed by atoms with van der Waals surface area (Å²) in [5.74, 6) is 0.464. The normalized spacial score (nSPS) is 27.4. The van der Waals surface area contributed by atoms with Gasteiger partial charge < -0.3 is 9.31 Å². The van der Waals surface area contributed by atoms with Crippen molar-refractivity contribution < 1.29 is 17.7 Å². The fraction of sp³-hybridized carbons (Fsp3) is 0.625. The summed E-state index contributed by atoms with van der Waals surface area (Å²) < 4.78 is 35.0. The summed E-state index contributed by atoms with van der Waals surface area (Å²) in [6.07, 6.45) is 0. The number of benzene rings is 1. The molecule has 0 aliphatic carbocycles. The van der Waals surface area contributed by atoms with Crippen molar-refractivity contribution in [1.29, 1.82) is 0 Å². The third kappa shape index (κ3) is 2.51. The monoisotopic (exact) mass is 322 g/mol. The highest BCUT2D eigenvalue weighted by Gasteiger charge is 2.52. The Kier molecular flexibility index (Phi) is 3.34. The Morgan fingerprint density at radius 3 is 1.77 bits per heavy atom. The van der Waals surface area contributed by atoms with E-state index in [1.165, 1.54) is 0 Å². The summed E-state index contributed by atoms with van der Waals surface area (Å²) in [7, 11) is -3.22. The van der Waals surface area contributed by atoms with Gasteiger partial charge in [-0.3, -0.25) is 0 Å². The van der Waals surface area contributed by atoms with Gasteiger partial charge in [0, 0.05) is 5.41 Å². The first kappa shape index (κ1) is 16.0. The summed E-state index contributed by atoms with van der Waals surface area (Å²) in [4.78, 5) is 0. The first-order valence-electron chi connectivity index (χ1n) is 7.61. The summed E-state index contributed by atoms with van der Waals surface area (Å²) in [6.45, 7) is 10.1. The van der Waals surface area contributed by atoms with Crippen LogP contribution in [0.5, 0.6) is 0 Å². The molecule has 1 aromatic rings. The second-order valence-corrected chi connectivity index (χ2v) is 9.87. The number of rotatable bonds is 2. The van der Waals surface area contributed by atoms with Gasteiger partial charge in [-0.1, -0.05) is 31.2 Å². The van der Waals surface area contributed by atoms with Gasteiger partial charge in [-0.2, -0.15) is 0 Å². The zero-order valence-corrected chi connectivity index (χ0v) is 14.7. The molecule has 0 amide bonds. The third-order valence-corrected chi connectivity index (χ3v) is 7.36. The van der Waals surface area contributed by atoms with E-state index in [2.05, 4.69) is 0 Å². The van der Waals surface area contributed by atoms with Crippen molar-refractivity contribution in [2.75, 3.05) is 11.5 Å². The largest absolute Gasteiger partial charge is 0.494 e. The van der Waals surface area contributed by atoms with Crippen molar-refractivity contribution >= 4 is 22.4 Å². The molecule has 1 aromatic carbocycles. The molecule has 120 valence electrons. The molecule has 0 bridgehead atoms. The van der Waals surface area contributed by atoms with Gasteiger partial charge in [0.15, 0.2) is 9.84 Å². The molecule has 2 fully saturated rings. The van der Waals surface area contributed by atoms with Crippen LogP contribution in [0.1, 0.15) is 40.2 Å². The quantitative estimate of drug-likeness (QED) is 0.777. The van der Waals surface area contributed by atoms with Gasteiger partial charge in [0.25, 0.3) is 0 Å². The highest BCUT2D eigenvalue weighted by atomic mass is 32.2. The fourth-order valence-electron chi connectivity index (χ4n) is 3.12. The zero-order chi connectivity index (χ0) is 16.4. The molecular formula is C16H23BO4S. The lowest BCUT2D eigenvalue weighted by atomic mass is 9.76. The lowest BCUT2D eigenvalue weighted by molar-refractivity contribution is 0.00578. The van der Waals surface area contributed by atoms with Crippen LogP contribution in [0.3, 0.4) is 0 Å². The lowest BCUT2D eigenvalue weighted by Gasteiger charge is -2.38. The first-order chi connectivity index (χ1) is 9.94. The van der Waals surface area contributed by atoms with Crippen LogP contribution in [0.25, 0.3) is 0 Å². The van der Waals surface area contributed by atoms with Gasteiger partial charge >= 0.3 is 7.12 Å². The van der Waals surface area contributed by atoms with E-state index >= 15 is 0 Å². The predicted octanol–water partition coefficient (Wildman–Crippen LogP) is 1.67. The minimum absolute atomic E-state index is 0.232. The third-order valence-electron chi connectivity index (χ3n) is 5.21. The van der Waals surface area contributed by atoms with Crippen LogP contribution in [-0.2, 0) is 24.6 Å². The van der Waals surface area contributed by atoms with E-state index in [-0.39, 0.29) is 35.2 Å². The second-order valence-electron chi connectivity index (χ2n) is 7.80. The maximum atomic E-state index is 11.5. The highest BCUT2D eigenvalue weighted by molar-refractivity contribution is 7.93. The first-order valence-corrected chi connectivity index (χ1v) is 9.43. The van der Waals surface area contributed by atoms with Gasteiger partial charge in [0.05, 0.1) is 22.7 Å². The molecule has 2 heterocycles. The van der Waals surface area contributed by atoms with Crippen molar-refractivity contribution in [2.24, 2.45) is 0 Å². The molecule has 0 spiro atoms. The molecule has 2 saturated heterocycles. The van der Waals surface area contributed by atoms with Gasteiger partial charge in [0.1, 0.15) is 0 Å². The standard InChI is InChI=1S/C16H23BO4S/c1-14(2)15(3,4)21-17(20-14)13-8-6-12(7-9-13)16(5)10-22(18,19)11-16/h6-9H,10-11H2,1-5H3. The zero-order valence-electron chi connectivity index (χ0n) is 13.8. The number of hydrogen-bond donors (Lipinski definition) is 0. The van der Waals surface area contributed by atoms with Crippen molar-refractivity contribution in [3.63, 3.8) is 0 Å². The van der Waals surface area contributed by atoms with E-state index in [0.29, 0.717) is 0 Å². The molecule has 0 aromatic heterocycles. The Morgan fingerprint density at radius 2 is 1.36 bits per heavy atom. The molecular weight excluding hydrogens is 299 g/mol. The minimum Gasteiger partial charge on any atom is -0.399 e. The van der Waals surface area contributed by atoms with Gasteiger partial charge in [-0.15, -0.1) is 0 Å². The maximum absolute atomic E-state index is 11.5. The summed E-state index contributed by atoms with van der Waals surface area (Å²) in [6, 6.07) is 7.95. The van der Waals surface area contributed by atoms with E-state index < -0.39 is 9.84 Å². The molecule has 0 radical (unpaired) electrons. The predicted molar refractivity (Wildman–Crippen MR) is 88.2 cm³/mol. The Morgan fingerprint density at radius 1 is 0.909 bits per heavy atom. The lowest BCUT2D eigenvalue weighted by Crippen LogP contribution is -2.50. The summed E-state index contributed by atoms with van der Waals surface area (Å²) >= 11 is 0. The number of hydrogen-bond acceptors (Lipinski definition) is 4. The number of sulfone groups is 1. The molecule has 0 atom stereocenters. The highest BCUT2D eigenvalue weighted by Crippen LogP contribution is 2.38. The van der Waals surface area contributed by atoms with Gasteiger partial charge in [-0.25, -0.2) is 8.42 Å². The average molecular weight is 322 g/mol. The van der Waals surface area contributed by atoms with Crippen LogP contribution in [0, 0.1) is 0 Å². The van der Waals surface area contributed by atoms with E-state index in [1.807, 2.05) is 58.9 Å². The molecule has 2 aliphatic rings. The topological polar surface area (TPSA) is 52.6 Å². The fourth-order valence-corrected chi connectivity index (χ4v) is 5.31. The summed E-state index contributed by atoms with van der Waals surface area (Å²) in [5, 5.41) is 0. The minimum atomic E-state index is -2.84. The van der Waals surface area contributed by atoms with Crippen LogP contribution in [-0.4, -0.2) is 38.2 Å². The van der Waals surface area contributed by atoms with E-state index in [1.54, 1.807) is 0 Å². The molecule has 2 aliphatic heterocycles. The average Bonchev–Trinajstić information content (AvgIpc) is 2.56. The van der Waals surface area contributed by atoms with Crippen LogP contribution < -0.4 is 5.46 Å². The molecule has 22 heavy (non-hydrogen) atoms. The van der Waals surface area contributed by atoms with E-state index in [0.717, 1.165) is 11.0 Å². The Labute approximate surface area is 133 Å². The maximum Gasteiger partial charge on any atom is 0.494 e. The van der Waals surface area contributed by atoms with Crippen LogP contribution in [0.15, 0.2) is 24.3 Å². The smallest absolute Gasteiger partial charge is 0.399 e. The van der Waals surface area contributed by atoms with Gasteiger partial charge in [-0.05, 0) is 38.7 Å². The van der Waals surface area contributed by atoms with Gasteiger partial charge in [0.2, 0.25) is 0 Å². The van der Waals surface area contributed by atoms with Crippen molar-refractivity contribution in [1.82, 2.24) is 0 Å². The molecule has 0 saturated carbocycles. The molecule has 3 rings (SSSR count). The van der Waals surface area contributed by atoms with Crippen LogP contribution >= 0.6 is 0 Å². The van der Waals surface area contributed by atoms with Crippen LogP contribution in [0.4, 0.5) is 0 Å².